The first kappa shape index (κ1) is 8.50. The highest BCUT2D eigenvalue weighted by atomic mass is 32.1. The van der Waals surface area contributed by atoms with Gasteiger partial charge < -0.3 is 10.6 Å². The second kappa shape index (κ2) is 3.74. The summed E-state index contributed by atoms with van der Waals surface area (Å²) in [5, 5.41) is 7.52. The molecule has 13 heavy (non-hydrogen) atoms. The minimum atomic E-state index is -0.0875. The van der Waals surface area contributed by atoms with E-state index in [1.807, 2.05) is 5.38 Å². The Balaban J connectivity index is 1.69. The first-order chi connectivity index (χ1) is 6.34. The number of thiazole rings is 1. The van der Waals surface area contributed by atoms with E-state index in [1.165, 1.54) is 11.3 Å². The van der Waals surface area contributed by atoms with Crippen molar-refractivity contribution in [2.45, 2.75) is 25.4 Å². The smallest absolute Gasteiger partial charge is 0.315 e. The van der Waals surface area contributed by atoms with E-state index < -0.39 is 0 Å². The van der Waals surface area contributed by atoms with E-state index in [2.05, 4.69) is 15.6 Å². The second-order valence-corrected chi connectivity index (χ2v) is 3.80. The van der Waals surface area contributed by atoms with Crippen molar-refractivity contribution in [3.8, 4) is 0 Å². The van der Waals surface area contributed by atoms with Crippen LogP contribution in [0.2, 0.25) is 0 Å². The molecule has 1 heterocycles. The number of nitrogens with one attached hydrogen (secondary N) is 2. The minimum Gasteiger partial charge on any atom is -0.335 e. The highest BCUT2D eigenvalue weighted by Crippen LogP contribution is 2.18. The van der Waals surface area contributed by atoms with Crippen molar-refractivity contribution >= 4 is 17.4 Å². The first-order valence-corrected chi connectivity index (χ1v) is 5.20. The lowest BCUT2D eigenvalue weighted by Crippen LogP contribution is -2.36. The van der Waals surface area contributed by atoms with Crippen LogP contribution >= 0.6 is 11.3 Å². The fourth-order valence-electron chi connectivity index (χ4n) is 0.960. The summed E-state index contributed by atoms with van der Waals surface area (Å²) in [5.74, 6) is 0. The van der Waals surface area contributed by atoms with Crippen molar-refractivity contribution in [1.82, 2.24) is 15.6 Å². The van der Waals surface area contributed by atoms with Crippen LogP contribution < -0.4 is 10.6 Å². The van der Waals surface area contributed by atoms with Crippen molar-refractivity contribution in [2.24, 2.45) is 0 Å². The van der Waals surface area contributed by atoms with Gasteiger partial charge in [-0.3, -0.25) is 0 Å². The van der Waals surface area contributed by atoms with Gasteiger partial charge in [-0.15, -0.1) is 11.3 Å². The zero-order chi connectivity index (χ0) is 9.10. The Labute approximate surface area is 80.4 Å². The number of hydrogen-bond acceptors (Lipinski definition) is 3. The van der Waals surface area contributed by atoms with Crippen LogP contribution in [0.3, 0.4) is 0 Å². The van der Waals surface area contributed by atoms with E-state index in [4.69, 9.17) is 0 Å². The number of urea groups is 1. The Morgan fingerprint density at radius 2 is 2.54 bits per heavy atom. The van der Waals surface area contributed by atoms with E-state index in [-0.39, 0.29) is 6.03 Å². The lowest BCUT2D eigenvalue weighted by atomic mass is 10.5. The molecule has 1 aliphatic carbocycles. The van der Waals surface area contributed by atoms with Gasteiger partial charge in [0, 0.05) is 11.4 Å². The van der Waals surface area contributed by atoms with Gasteiger partial charge in [0.2, 0.25) is 0 Å². The van der Waals surface area contributed by atoms with Crippen LogP contribution in [-0.4, -0.2) is 17.1 Å². The number of rotatable bonds is 3. The molecule has 0 bridgehead atoms. The Hall–Kier alpha value is -1.10. The lowest BCUT2D eigenvalue weighted by molar-refractivity contribution is 0.240. The summed E-state index contributed by atoms with van der Waals surface area (Å²) in [5.41, 5.74) is 2.67. The third-order valence-corrected chi connectivity index (χ3v) is 2.46. The molecular formula is C8H11N3OS. The summed E-state index contributed by atoms with van der Waals surface area (Å²) >= 11 is 1.53. The fraction of sp³-hybridized carbons (Fsp3) is 0.500. The number of nitrogens with zero attached hydrogens (tertiary/aromatic N) is 1. The molecule has 1 aromatic rings. The van der Waals surface area contributed by atoms with Gasteiger partial charge in [-0.1, -0.05) is 0 Å². The van der Waals surface area contributed by atoms with Crippen molar-refractivity contribution in [3.63, 3.8) is 0 Å². The Kier molecular flexibility index (Phi) is 2.44. The molecule has 1 saturated carbocycles. The summed E-state index contributed by atoms with van der Waals surface area (Å²) in [6.45, 7) is 0.516. The predicted molar refractivity (Wildman–Crippen MR) is 50.5 cm³/mol. The maximum absolute atomic E-state index is 11.1. The molecule has 2 rings (SSSR count). The van der Waals surface area contributed by atoms with Crippen LogP contribution in [0.1, 0.15) is 18.5 Å². The van der Waals surface area contributed by atoms with Crippen LogP contribution in [0.25, 0.3) is 0 Å². The average molecular weight is 197 g/mol. The van der Waals surface area contributed by atoms with Crippen LogP contribution in [-0.2, 0) is 6.54 Å². The van der Waals surface area contributed by atoms with E-state index in [0.29, 0.717) is 12.6 Å². The quantitative estimate of drug-likeness (QED) is 0.762. The molecule has 0 aliphatic heterocycles. The molecule has 0 unspecified atom stereocenters. The summed E-state index contributed by atoms with van der Waals surface area (Å²) in [6.07, 6.45) is 2.23. The van der Waals surface area contributed by atoms with Crippen LogP contribution in [0.15, 0.2) is 10.9 Å². The van der Waals surface area contributed by atoms with E-state index in [1.54, 1.807) is 5.51 Å². The van der Waals surface area contributed by atoms with Crippen molar-refractivity contribution in [2.75, 3.05) is 0 Å². The summed E-state index contributed by atoms with van der Waals surface area (Å²) < 4.78 is 0. The normalized spacial score (nSPS) is 15.4. The summed E-state index contributed by atoms with van der Waals surface area (Å²) in [6, 6.07) is 0.325. The Bertz CT molecular complexity index is 282. The minimum absolute atomic E-state index is 0.0875. The largest absolute Gasteiger partial charge is 0.335 e. The van der Waals surface area contributed by atoms with Crippen molar-refractivity contribution in [1.29, 1.82) is 0 Å². The van der Waals surface area contributed by atoms with Gasteiger partial charge in [0.25, 0.3) is 0 Å². The third-order valence-electron chi connectivity index (χ3n) is 1.83. The SMILES string of the molecule is O=C(NCc1cscn1)NC1CC1. The number of amides is 2. The molecule has 0 aromatic carbocycles. The zero-order valence-corrected chi connectivity index (χ0v) is 7.93. The monoisotopic (exact) mass is 197 g/mol. The standard InChI is InChI=1S/C8H11N3OS/c12-8(11-6-1-2-6)9-3-7-4-13-5-10-7/h4-6H,1-3H2,(H2,9,11,12). The molecule has 5 heteroatoms. The van der Waals surface area contributed by atoms with E-state index >= 15 is 0 Å². The highest BCUT2D eigenvalue weighted by Gasteiger charge is 2.22. The number of carbonyl (C=O) groups excluding carboxylic acids is 1. The van der Waals surface area contributed by atoms with Gasteiger partial charge >= 0.3 is 6.03 Å². The van der Waals surface area contributed by atoms with Gasteiger partial charge in [-0.05, 0) is 12.8 Å². The maximum Gasteiger partial charge on any atom is 0.315 e. The Morgan fingerprint density at radius 3 is 3.15 bits per heavy atom. The van der Waals surface area contributed by atoms with Gasteiger partial charge in [-0.2, -0.15) is 0 Å². The molecule has 4 nitrogen and oxygen atoms in total. The number of carbonyl (C=O) groups is 1. The number of aromatic nitrogens is 1. The van der Waals surface area contributed by atoms with Gasteiger partial charge in [-0.25, -0.2) is 9.78 Å². The number of hydrogen-bond donors (Lipinski definition) is 2. The van der Waals surface area contributed by atoms with E-state index in [0.717, 1.165) is 18.5 Å². The lowest BCUT2D eigenvalue weighted by Gasteiger charge is -2.03. The summed E-state index contributed by atoms with van der Waals surface area (Å²) in [4.78, 5) is 15.2. The first-order valence-electron chi connectivity index (χ1n) is 4.26. The summed E-state index contributed by atoms with van der Waals surface area (Å²) in [7, 11) is 0. The third kappa shape index (κ3) is 2.69. The molecule has 2 N–H and O–H groups in total. The van der Waals surface area contributed by atoms with Crippen LogP contribution in [0, 0.1) is 0 Å². The topological polar surface area (TPSA) is 54.0 Å². The highest BCUT2D eigenvalue weighted by molar-refractivity contribution is 7.07. The molecule has 0 atom stereocenters. The molecule has 1 aromatic heterocycles. The van der Waals surface area contributed by atoms with Crippen LogP contribution in [0.4, 0.5) is 4.79 Å². The van der Waals surface area contributed by atoms with Gasteiger partial charge in [0.15, 0.2) is 0 Å². The van der Waals surface area contributed by atoms with Gasteiger partial charge in [0.1, 0.15) is 0 Å². The molecule has 0 saturated heterocycles. The van der Waals surface area contributed by atoms with Gasteiger partial charge in [0.05, 0.1) is 17.7 Å². The second-order valence-electron chi connectivity index (χ2n) is 3.08. The van der Waals surface area contributed by atoms with E-state index in [9.17, 15) is 4.79 Å². The maximum atomic E-state index is 11.1. The predicted octanol–water partition coefficient (Wildman–Crippen LogP) is 1.10. The van der Waals surface area contributed by atoms with Crippen LogP contribution in [0.5, 0.6) is 0 Å². The van der Waals surface area contributed by atoms with Crippen molar-refractivity contribution < 1.29 is 4.79 Å². The zero-order valence-electron chi connectivity index (χ0n) is 7.12. The molecule has 70 valence electrons. The molecule has 0 spiro atoms. The molecule has 2 amide bonds. The fourth-order valence-corrected chi connectivity index (χ4v) is 1.52. The average Bonchev–Trinajstić information content (AvgIpc) is 2.78. The molecule has 0 radical (unpaired) electrons. The molecule has 1 aliphatic rings. The molecular weight excluding hydrogens is 186 g/mol. The molecule has 1 fully saturated rings. The Morgan fingerprint density at radius 1 is 1.69 bits per heavy atom. The van der Waals surface area contributed by atoms with Crippen molar-refractivity contribution in [3.05, 3.63) is 16.6 Å².